The van der Waals surface area contributed by atoms with Gasteiger partial charge in [0.05, 0.1) is 18.0 Å². The van der Waals surface area contributed by atoms with Crippen molar-refractivity contribution in [1.82, 2.24) is 24.8 Å². The number of nitrogens with one attached hydrogen (secondary N) is 1. The number of hydrogen-bond donors (Lipinski definition) is 1. The lowest BCUT2D eigenvalue weighted by Crippen LogP contribution is -2.53. The maximum Gasteiger partial charge on any atom is 0.415 e. The molecule has 1 fully saturated rings. The Morgan fingerprint density at radius 3 is 2.71 bits per heavy atom. The molecule has 1 amide bonds. The van der Waals surface area contributed by atoms with Crippen molar-refractivity contribution in [1.29, 1.82) is 0 Å². The fourth-order valence-corrected chi connectivity index (χ4v) is 4.40. The van der Waals surface area contributed by atoms with Crippen LogP contribution in [-0.4, -0.2) is 70.7 Å². The minimum atomic E-state index is -0.497. The summed E-state index contributed by atoms with van der Waals surface area (Å²) in [5.41, 5.74) is 2.02. The Bertz CT molecular complexity index is 1420. The number of benzene rings is 2. The number of nitrogens with zero attached hydrogens (tertiary/aromatic N) is 4. The lowest BCUT2D eigenvalue weighted by molar-refractivity contribution is 0.0886. The molecular weight excluding hydrogens is 453 g/mol. The molecule has 9 nitrogen and oxygen atoms in total. The van der Waals surface area contributed by atoms with Crippen LogP contribution in [0.3, 0.4) is 0 Å². The van der Waals surface area contributed by atoms with Gasteiger partial charge in [-0.25, -0.2) is 19.2 Å². The molecule has 0 unspecified atom stereocenters. The van der Waals surface area contributed by atoms with Crippen molar-refractivity contribution >= 4 is 27.9 Å². The van der Waals surface area contributed by atoms with Gasteiger partial charge in [0.2, 0.25) is 5.88 Å². The molecule has 5 rings (SSSR count). The molecule has 0 radical (unpaired) electrons. The van der Waals surface area contributed by atoms with Crippen LogP contribution in [0.15, 0.2) is 36.7 Å². The maximum absolute atomic E-state index is 15.1. The van der Waals surface area contributed by atoms with Crippen LogP contribution >= 0.6 is 0 Å². The largest absolute Gasteiger partial charge is 0.493 e. The van der Waals surface area contributed by atoms with Crippen molar-refractivity contribution in [3.8, 4) is 23.1 Å². The van der Waals surface area contributed by atoms with E-state index < -0.39 is 11.9 Å². The molecular formula is C25H26FN5O4. The molecule has 3 heterocycles. The van der Waals surface area contributed by atoms with Gasteiger partial charge in [-0.2, -0.15) is 0 Å². The van der Waals surface area contributed by atoms with Gasteiger partial charge in [-0.15, -0.1) is 0 Å². The first-order chi connectivity index (χ1) is 16.8. The number of methoxy groups -OCH3 is 1. The first-order valence-electron chi connectivity index (χ1n) is 11.3. The highest BCUT2D eigenvalue weighted by Gasteiger charge is 2.28. The summed E-state index contributed by atoms with van der Waals surface area (Å²) >= 11 is 0. The van der Waals surface area contributed by atoms with Crippen LogP contribution in [-0.2, 0) is 0 Å². The van der Waals surface area contributed by atoms with E-state index in [-0.39, 0.29) is 23.4 Å². The second-order valence-electron chi connectivity index (χ2n) is 8.76. The Labute approximate surface area is 201 Å². The van der Waals surface area contributed by atoms with E-state index in [2.05, 4.69) is 19.9 Å². The molecule has 35 heavy (non-hydrogen) atoms. The van der Waals surface area contributed by atoms with Gasteiger partial charge >= 0.3 is 6.09 Å². The predicted molar refractivity (Wildman–Crippen MR) is 129 cm³/mol. The summed E-state index contributed by atoms with van der Waals surface area (Å²) < 4.78 is 32.2. The maximum atomic E-state index is 15.1. The molecule has 0 aliphatic carbocycles. The highest BCUT2D eigenvalue weighted by molar-refractivity contribution is 5.88. The molecule has 1 aliphatic heterocycles. The van der Waals surface area contributed by atoms with Crippen molar-refractivity contribution in [2.75, 3.05) is 33.8 Å². The molecule has 1 atom stereocenters. The van der Waals surface area contributed by atoms with E-state index in [9.17, 15) is 4.79 Å². The van der Waals surface area contributed by atoms with Crippen molar-refractivity contribution in [3.05, 3.63) is 48.2 Å². The van der Waals surface area contributed by atoms with Crippen LogP contribution in [0.5, 0.6) is 23.1 Å². The number of carbonyl (C=O) groups excluding carboxylic acids is 1. The average Bonchev–Trinajstić information content (AvgIpc) is 3.22. The van der Waals surface area contributed by atoms with E-state index in [1.807, 2.05) is 20.9 Å². The minimum absolute atomic E-state index is 0.00453. The molecule has 0 bridgehead atoms. The zero-order chi connectivity index (χ0) is 24.7. The van der Waals surface area contributed by atoms with E-state index in [1.165, 1.54) is 13.4 Å². The first kappa shape index (κ1) is 22.9. The molecule has 182 valence electrons. The molecule has 2 aromatic carbocycles. The van der Waals surface area contributed by atoms with Crippen molar-refractivity contribution < 1.29 is 23.4 Å². The highest BCUT2D eigenvalue weighted by atomic mass is 19.1. The zero-order valence-corrected chi connectivity index (χ0v) is 20.0. The van der Waals surface area contributed by atoms with Gasteiger partial charge in [0, 0.05) is 48.3 Å². The number of fused-ring (bicyclic) bond motifs is 2. The number of likely N-dealkylation sites (N-methyl/N-ethyl adjacent to an activating group) is 1. The molecule has 10 heteroatoms. The number of rotatable bonds is 4. The van der Waals surface area contributed by atoms with Gasteiger partial charge in [-0.1, -0.05) is 0 Å². The van der Waals surface area contributed by atoms with Crippen molar-refractivity contribution in [2.45, 2.75) is 19.9 Å². The number of carbonyl (C=O) groups is 1. The number of hydrogen-bond acceptors (Lipinski definition) is 7. The Morgan fingerprint density at radius 1 is 1.11 bits per heavy atom. The number of aromatic amines is 1. The zero-order valence-electron chi connectivity index (χ0n) is 20.0. The number of amides is 1. The normalized spacial score (nSPS) is 16.6. The molecule has 1 N–H and O–H groups in total. The van der Waals surface area contributed by atoms with Gasteiger partial charge in [0.25, 0.3) is 0 Å². The molecule has 4 aromatic rings. The minimum Gasteiger partial charge on any atom is -0.493 e. The topological polar surface area (TPSA) is 92.8 Å². The summed E-state index contributed by atoms with van der Waals surface area (Å²) in [5.74, 6) is 0.203. The number of halogens is 1. The summed E-state index contributed by atoms with van der Waals surface area (Å²) in [6, 6.07) is 8.23. The fourth-order valence-electron chi connectivity index (χ4n) is 4.40. The van der Waals surface area contributed by atoms with Crippen LogP contribution in [0.25, 0.3) is 21.8 Å². The van der Waals surface area contributed by atoms with E-state index >= 15 is 4.39 Å². The van der Waals surface area contributed by atoms with Crippen molar-refractivity contribution in [3.63, 3.8) is 0 Å². The lowest BCUT2D eigenvalue weighted by Gasteiger charge is -2.37. The SMILES string of the molecule is COc1cc2ncnc(Oc3ccc4[nH]c(C)cc4c3F)c2cc1OC(=O)N1CCN(C)C[C@H]1C. The number of H-pyrrole nitrogens is 1. The summed E-state index contributed by atoms with van der Waals surface area (Å²) in [6.45, 7) is 5.91. The van der Waals surface area contributed by atoms with Gasteiger partial charge < -0.3 is 29.0 Å². The van der Waals surface area contributed by atoms with Crippen LogP contribution in [0.2, 0.25) is 0 Å². The van der Waals surface area contributed by atoms with E-state index in [4.69, 9.17) is 14.2 Å². The quantitative estimate of drug-likeness (QED) is 0.461. The fraction of sp³-hybridized carbons (Fsp3) is 0.320. The van der Waals surface area contributed by atoms with Gasteiger partial charge in [0.15, 0.2) is 23.1 Å². The van der Waals surface area contributed by atoms with Gasteiger partial charge in [-0.3, -0.25) is 0 Å². The van der Waals surface area contributed by atoms with E-state index in [1.54, 1.807) is 35.2 Å². The second kappa shape index (κ2) is 9.03. The lowest BCUT2D eigenvalue weighted by atomic mass is 10.2. The summed E-state index contributed by atoms with van der Waals surface area (Å²) in [5, 5.41) is 0.878. The molecule has 1 aliphatic rings. The third-order valence-corrected chi connectivity index (χ3v) is 6.19. The van der Waals surface area contributed by atoms with Crippen LogP contribution < -0.4 is 14.2 Å². The number of aryl methyl sites for hydroxylation is 1. The standard InChI is InChI=1S/C25H26FN5O4/c1-14-9-16-18(29-14)5-6-20(23(16)26)34-24-17-10-22(21(33-4)11-19(17)27-13-28-24)35-25(32)31-8-7-30(3)12-15(31)2/h5-6,9-11,13,15,29H,7-8,12H2,1-4H3/t15-/m1/s1. The summed E-state index contributed by atoms with van der Waals surface area (Å²) in [7, 11) is 3.50. The van der Waals surface area contributed by atoms with Crippen LogP contribution in [0, 0.1) is 12.7 Å². The van der Waals surface area contributed by atoms with E-state index in [0.29, 0.717) is 34.1 Å². The number of piperazine rings is 1. The number of ether oxygens (including phenoxy) is 3. The number of aromatic nitrogens is 3. The monoisotopic (exact) mass is 479 g/mol. The predicted octanol–water partition coefficient (Wildman–Crippen LogP) is 4.49. The smallest absolute Gasteiger partial charge is 0.415 e. The molecule has 1 saturated heterocycles. The molecule has 2 aromatic heterocycles. The Hall–Kier alpha value is -3.92. The third-order valence-electron chi connectivity index (χ3n) is 6.19. The summed E-state index contributed by atoms with van der Waals surface area (Å²) in [6.07, 6.45) is 0.855. The Kier molecular flexibility index (Phi) is 5.89. The van der Waals surface area contributed by atoms with Crippen LogP contribution in [0.4, 0.5) is 9.18 Å². The van der Waals surface area contributed by atoms with Gasteiger partial charge in [0.1, 0.15) is 6.33 Å². The van der Waals surface area contributed by atoms with Crippen LogP contribution in [0.1, 0.15) is 12.6 Å². The summed E-state index contributed by atoms with van der Waals surface area (Å²) in [4.78, 5) is 28.4. The average molecular weight is 480 g/mol. The molecule has 0 spiro atoms. The van der Waals surface area contributed by atoms with Crippen molar-refractivity contribution in [2.24, 2.45) is 0 Å². The Morgan fingerprint density at radius 2 is 1.94 bits per heavy atom. The first-order valence-corrected chi connectivity index (χ1v) is 11.3. The Balaban J connectivity index is 1.49. The third kappa shape index (κ3) is 4.32. The van der Waals surface area contributed by atoms with Gasteiger partial charge in [-0.05, 0) is 45.2 Å². The van der Waals surface area contributed by atoms with E-state index in [0.717, 1.165) is 18.8 Å². The highest BCUT2D eigenvalue weighted by Crippen LogP contribution is 2.37. The second-order valence-corrected chi connectivity index (χ2v) is 8.76. The molecule has 0 saturated carbocycles.